The molecule has 18 heavy (non-hydrogen) atoms. The third-order valence-corrected chi connectivity index (χ3v) is 3.72. The number of rotatable bonds is 5. The van der Waals surface area contributed by atoms with Crippen molar-refractivity contribution in [3.8, 4) is 0 Å². The highest BCUT2D eigenvalue weighted by atomic mass is 35.5. The molecule has 0 fully saturated rings. The van der Waals surface area contributed by atoms with Crippen LogP contribution in [0.4, 0.5) is 0 Å². The maximum absolute atomic E-state index is 6.21. The minimum atomic E-state index is -0.225. The minimum absolute atomic E-state index is 0.225. The van der Waals surface area contributed by atoms with Gasteiger partial charge >= 0.3 is 0 Å². The lowest BCUT2D eigenvalue weighted by Gasteiger charge is -2.16. The van der Waals surface area contributed by atoms with Crippen molar-refractivity contribution >= 4 is 22.9 Å². The van der Waals surface area contributed by atoms with Crippen molar-refractivity contribution in [2.45, 2.75) is 32.9 Å². The molecule has 5 nitrogen and oxygen atoms in total. The molecule has 2 heterocycles. The summed E-state index contributed by atoms with van der Waals surface area (Å²) in [7, 11) is 0. The zero-order valence-electron chi connectivity index (χ0n) is 10.4. The smallest absolute Gasteiger partial charge is 0.107 e. The Kier molecular flexibility index (Phi) is 4.34. The summed E-state index contributed by atoms with van der Waals surface area (Å²) in [6.45, 7) is 4.87. The number of hydrazine groups is 1. The molecular formula is C11H16ClN5S. The van der Waals surface area contributed by atoms with E-state index in [9.17, 15) is 0 Å². The van der Waals surface area contributed by atoms with Crippen molar-refractivity contribution < 1.29 is 0 Å². The molecule has 1 atom stereocenters. The van der Waals surface area contributed by atoms with Crippen molar-refractivity contribution in [2.75, 3.05) is 0 Å². The molecule has 0 saturated heterocycles. The first-order chi connectivity index (χ1) is 8.67. The Bertz CT molecular complexity index is 521. The van der Waals surface area contributed by atoms with E-state index in [-0.39, 0.29) is 6.04 Å². The summed E-state index contributed by atoms with van der Waals surface area (Å²) in [6.07, 6.45) is 2.63. The Morgan fingerprint density at radius 2 is 2.39 bits per heavy atom. The highest BCUT2D eigenvalue weighted by molar-refractivity contribution is 7.09. The Balaban J connectivity index is 2.41. The van der Waals surface area contributed by atoms with Crippen LogP contribution in [-0.2, 0) is 6.54 Å². The predicted molar refractivity (Wildman–Crippen MR) is 73.5 cm³/mol. The van der Waals surface area contributed by atoms with Gasteiger partial charge in [0.15, 0.2) is 0 Å². The third kappa shape index (κ3) is 2.56. The number of aromatic nitrogens is 3. The van der Waals surface area contributed by atoms with Crippen molar-refractivity contribution in [3.05, 3.63) is 33.0 Å². The maximum atomic E-state index is 6.21. The normalized spacial score (nSPS) is 12.9. The van der Waals surface area contributed by atoms with Crippen molar-refractivity contribution in [2.24, 2.45) is 5.84 Å². The van der Waals surface area contributed by atoms with Gasteiger partial charge in [0.2, 0.25) is 0 Å². The molecular weight excluding hydrogens is 270 g/mol. The van der Waals surface area contributed by atoms with Gasteiger partial charge in [-0.15, -0.1) is 11.3 Å². The van der Waals surface area contributed by atoms with Gasteiger partial charge in [0.05, 0.1) is 27.6 Å². The largest absolute Gasteiger partial charge is 0.270 e. The molecule has 1 unspecified atom stereocenters. The highest BCUT2D eigenvalue weighted by Crippen LogP contribution is 2.28. The van der Waals surface area contributed by atoms with Gasteiger partial charge in [-0.25, -0.2) is 10.4 Å². The van der Waals surface area contributed by atoms with Gasteiger partial charge in [0.1, 0.15) is 6.04 Å². The SMILES string of the molecule is CCCn1ncc(Cl)c1C(NN)c1csc(C)n1. The molecule has 98 valence electrons. The number of aryl methyl sites for hydroxylation is 2. The molecule has 0 amide bonds. The number of hydrogen-bond acceptors (Lipinski definition) is 5. The standard InChI is InChI=1S/C11H16ClN5S/c1-3-4-17-11(8(12)5-14-17)10(16-13)9-6-18-7(2)15-9/h5-6,10,16H,3-4,13H2,1-2H3. The number of nitrogens with zero attached hydrogens (tertiary/aromatic N) is 3. The van der Waals surface area contributed by atoms with E-state index < -0.39 is 0 Å². The molecule has 7 heteroatoms. The van der Waals surface area contributed by atoms with Crippen LogP contribution in [0.1, 0.15) is 35.8 Å². The number of hydrogen-bond donors (Lipinski definition) is 2. The molecule has 0 aliphatic rings. The summed E-state index contributed by atoms with van der Waals surface area (Å²) in [5.41, 5.74) is 4.51. The monoisotopic (exact) mass is 285 g/mol. The summed E-state index contributed by atoms with van der Waals surface area (Å²) in [5.74, 6) is 5.65. The fraction of sp³-hybridized carbons (Fsp3) is 0.455. The summed E-state index contributed by atoms with van der Waals surface area (Å²) < 4.78 is 1.88. The molecule has 3 N–H and O–H groups in total. The fourth-order valence-corrected chi connectivity index (χ4v) is 2.75. The third-order valence-electron chi connectivity index (χ3n) is 2.64. The van der Waals surface area contributed by atoms with Crippen molar-refractivity contribution in [3.63, 3.8) is 0 Å². The Hall–Kier alpha value is -0.950. The second-order valence-electron chi connectivity index (χ2n) is 3.99. The van der Waals surface area contributed by atoms with E-state index in [1.807, 2.05) is 17.0 Å². The van der Waals surface area contributed by atoms with Crippen LogP contribution in [-0.4, -0.2) is 14.8 Å². The Morgan fingerprint density at radius 3 is 2.94 bits per heavy atom. The lowest BCUT2D eigenvalue weighted by molar-refractivity contribution is 0.516. The van der Waals surface area contributed by atoms with Gasteiger partial charge in [-0.05, 0) is 13.3 Å². The number of nitrogens with one attached hydrogen (secondary N) is 1. The predicted octanol–water partition coefficient (Wildman–Crippen LogP) is 2.26. The summed E-state index contributed by atoms with van der Waals surface area (Å²) >= 11 is 7.80. The molecule has 2 aromatic heterocycles. The number of thiazole rings is 1. The van der Waals surface area contributed by atoms with Gasteiger partial charge in [-0.3, -0.25) is 10.5 Å². The lowest BCUT2D eigenvalue weighted by atomic mass is 10.1. The van der Waals surface area contributed by atoms with Gasteiger partial charge in [0.25, 0.3) is 0 Å². The van der Waals surface area contributed by atoms with Crippen LogP contribution >= 0.6 is 22.9 Å². The molecule has 0 bridgehead atoms. The molecule has 0 aliphatic carbocycles. The Morgan fingerprint density at radius 1 is 1.61 bits per heavy atom. The topological polar surface area (TPSA) is 68.8 Å². The van der Waals surface area contributed by atoms with Gasteiger partial charge in [-0.2, -0.15) is 5.10 Å². The zero-order chi connectivity index (χ0) is 13.1. The first kappa shape index (κ1) is 13.5. The molecule has 0 aromatic carbocycles. The van der Waals surface area contributed by atoms with Crippen molar-refractivity contribution in [1.29, 1.82) is 0 Å². The van der Waals surface area contributed by atoms with E-state index in [0.717, 1.165) is 29.4 Å². The van der Waals surface area contributed by atoms with Gasteiger partial charge in [-0.1, -0.05) is 18.5 Å². The summed E-state index contributed by atoms with van der Waals surface area (Å²) in [6, 6.07) is -0.225. The molecule has 0 saturated carbocycles. The quantitative estimate of drug-likeness (QED) is 0.653. The van der Waals surface area contributed by atoms with E-state index in [4.69, 9.17) is 17.4 Å². The number of halogens is 1. The molecule has 0 aliphatic heterocycles. The first-order valence-corrected chi connectivity index (χ1v) is 7.02. The molecule has 2 aromatic rings. The molecule has 0 spiro atoms. The van der Waals surface area contributed by atoms with Crippen LogP contribution in [0.25, 0.3) is 0 Å². The second-order valence-corrected chi connectivity index (χ2v) is 5.46. The average Bonchev–Trinajstić information content (AvgIpc) is 2.91. The highest BCUT2D eigenvalue weighted by Gasteiger charge is 2.22. The maximum Gasteiger partial charge on any atom is 0.107 e. The minimum Gasteiger partial charge on any atom is -0.270 e. The van der Waals surface area contributed by atoms with Crippen LogP contribution in [0.2, 0.25) is 5.02 Å². The lowest BCUT2D eigenvalue weighted by Crippen LogP contribution is -2.31. The average molecular weight is 286 g/mol. The molecule has 0 radical (unpaired) electrons. The van der Waals surface area contributed by atoms with Crippen LogP contribution < -0.4 is 11.3 Å². The summed E-state index contributed by atoms with van der Waals surface area (Å²) in [4.78, 5) is 4.46. The van der Waals surface area contributed by atoms with E-state index in [2.05, 4.69) is 22.4 Å². The van der Waals surface area contributed by atoms with Crippen LogP contribution in [0.5, 0.6) is 0 Å². The van der Waals surface area contributed by atoms with E-state index >= 15 is 0 Å². The molecule has 2 rings (SSSR count). The Labute approximate surface area is 115 Å². The van der Waals surface area contributed by atoms with Gasteiger partial charge < -0.3 is 0 Å². The van der Waals surface area contributed by atoms with Gasteiger partial charge in [0, 0.05) is 11.9 Å². The van der Waals surface area contributed by atoms with Crippen molar-refractivity contribution in [1.82, 2.24) is 20.2 Å². The van der Waals surface area contributed by atoms with Crippen LogP contribution in [0, 0.1) is 6.92 Å². The summed E-state index contributed by atoms with van der Waals surface area (Å²) in [5, 5.41) is 7.87. The van der Waals surface area contributed by atoms with Crippen LogP contribution in [0.15, 0.2) is 11.6 Å². The number of nitrogens with two attached hydrogens (primary N) is 1. The van der Waals surface area contributed by atoms with Crippen LogP contribution in [0.3, 0.4) is 0 Å². The second kappa shape index (κ2) is 5.79. The first-order valence-electron chi connectivity index (χ1n) is 5.76. The van der Waals surface area contributed by atoms with E-state index in [1.165, 1.54) is 0 Å². The zero-order valence-corrected chi connectivity index (χ0v) is 11.9. The van der Waals surface area contributed by atoms with E-state index in [1.54, 1.807) is 17.5 Å². The fourth-order valence-electron chi connectivity index (χ4n) is 1.87. The van der Waals surface area contributed by atoms with E-state index in [0.29, 0.717) is 5.02 Å².